The Morgan fingerprint density at radius 2 is 2.00 bits per heavy atom. The average molecular weight is 242 g/mol. The number of amidine groups is 1. The van der Waals surface area contributed by atoms with Gasteiger partial charge in [-0.05, 0) is 25.7 Å². The predicted octanol–water partition coefficient (Wildman–Crippen LogP) is 4.13. The van der Waals surface area contributed by atoms with Gasteiger partial charge in [0.1, 0.15) is 0 Å². The predicted molar refractivity (Wildman–Crippen MR) is 80.6 cm³/mol. The van der Waals surface area contributed by atoms with Gasteiger partial charge in [0.05, 0.1) is 0 Å². The van der Waals surface area contributed by atoms with Crippen LogP contribution in [-0.2, 0) is 0 Å². The summed E-state index contributed by atoms with van der Waals surface area (Å²) in [5.74, 6) is 1.27. The molecular weight excluding hydrogens is 220 g/mol. The van der Waals surface area contributed by atoms with Crippen molar-refractivity contribution in [3.05, 3.63) is 48.6 Å². The van der Waals surface area contributed by atoms with E-state index in [-0.39, 0.29) is 0 Å². The van der Waals surface area contributed by atoms with Crippen LogP contribution < -0.4 is 0 Å². The largest absolute Gasteiger partial charge is 0.270 e. The Morgan fingerprint density at radius 1 is 1.33 bits per heavy atom. The molecule has 0 aliphatic carbocycles. The van der Waals surface area contributed by atoms with Crippen LogP contribution in [0.25, 0.3) is 0 Å². The molecule has 0 bridgehead atoms. The van der Waals surface area contributed by atoms with Gasteiger partial charge in [-0.2, -0.15) is 0 Å². The molecule has 0 fully saturated rings. The van der Waals surface area contributed by atoms with Gasteiger partial charge in [-0.25, -0.2) is 4.99 Å². The van der Waals surface area contributed by atoms with Gasteiger partial charge in [-0.15, -0.1) is 6.58 Å². The first-order chi connectivity index (χ1) is 8.69. The zero-order valence-electron chi connectivity index (χ0n) is 11.6. The molecule has 1 aromatic carbocycles. The zero-order valence-corrected chi connectivity index (χ0v) is 11.6. The zero-order chi connectivity index (χ0) is 13.4. The fourth-order valence-electron chi connectivity index (χ4n) is 1.68. The minimum absolute atomic E-state index is 0.462. The minimum atomic E-state index is 0.462. The van der Waals surface area contributed by atoms with Crippen LogP contribution in [0.3, 0.4) is 0 Å². The molecule has 2 heteroatoms. The molecule has 0 amide bonds. The summed E-state index contributed by atoms with van der Waals surface area (Å²) in [5.41, 5.74) is 2.19. The Hall–Kier alpha value is -1.70. The minimum Gasteiger partial charge on any atom is -0.270 e. The van der Waals surface area contributed by atoms with Gasteiger partial charge >= 0.3 is 0 Å². The summed E-state index contributed by atoms with van der Waals surface area (Å²) in [7, 11) is 1.79. The number of nitrogens with zero attached hydrogens (tertiary/aromatic N) is 2. The van der Waals surface area contributed by atoms with Crippen LogP contribution in [0.15, 0.2) is 53.0 Å². The first-order valence-electron chi connectivity index (χ1n) is 6.37. The summed E-state index contributed by atoms with van der Waals surface area (Å²) in [6, 6.07) is 10.1. The highest BCUT2D eigenvalue weighted by Crippen LogP contribution is 2.10. The molecule has 0 saturated carbocycles. The third-order valence-corrected chi connectivity index (χ3v) is 3.04. The maximum absolute atomic E-state index is 4.65. The van der Waals surface area contributed by atoms with E-state index in [1.54, 1.807) is 7.05 Å². The fourth-order valence-corrected chi connectivity index (χ4v) is 1.68. The van der Waals surface area contributed by atoms with E-state index in [1.165, 1.54) is 0 Å². The Bertz CT molecular complexity index is 430. The molecule has 1 atom stereocenters. The van der Waals surface area contributed by atoms with Gasteiger partial charge in [-0.1, -0.05) is 43.3 Å². The average Bonchev–Trinajstić information content (AvgIpc) is 2.42. The topological polar surface area (TPSA) is 24.7 Å². The molecule has 0 radical (unpaired) electrons. The van der Waals surface area contributed by atoms with Crippen LogP contribution in [0.4, 0.5) is 0 Å². The van der Waals surface area contributed by atoms with E-state index in [0.29, 0.717) is 5.92 Å². The van der Waals surface area contributed by atoms with Gasteiger partial charge in [0.25, 0.3) is 0 Å². The standard InChI is InChI=1S/C16H22N2/c1-5-6-10-13(2)14(3)18-16(17-4)15-11-8-7-9-12-15/h5,7-9,11-13H,1,6,10H2,2-4H3. The van der Waals surface area contributed by atoms with Gasteiger partial charge in [-0.3, -0.25) is 4.99 Å². The molecule has 0 saturated heterocycles. The van der Waals surface area contributed by atoms with Crippen molar-refractivity contribution in [1.29, 1.82) is 0 Å². The van der Waals surface area contributed by atoms with E-state index in [0.717, 1.165) is 30.0 Å². The Morgan fingerprint density at radius 3 is 2.56 bits per heavy atom. The highest BCUT2D eigenvalue weighted by Gasteiger charge is 2.07. The number of hydrogen-bond acceptors (Lipinski definition) is 1. The van der Waals surface area contributed by atoms with Crippen LogP contribution >= 0.6 is 0 Å². The lowest BCUT2D eigenvalue weighted by atomic mass is 10.0. The summed E-state index contributed by atoms with van der Waals surface area (Å²) in [4.78, 5) is 8.92. The van der Waals surface area contributed by atoms with E-state index in [4.69, 9.17) is 0 Å². The number of hydrogen-bond donors (Lipinski definition) is 0. The van der Waals surface area contributed by atoms with Crippen molar-refractivity contribution >= 4 is 11.5 Å². The molecule has 0 heterocycles. The van der Waals surface area contributed by atoms with Crippen molar-refractivity contribution in [3.8, 4) is 0 Å². The first-order valence-corrected chi connectivity index (χ1v) is 6.37. The van der Waals surface area contributed by atoms with Crippen molar-refractivity contribution < 1.29 is 0 Å². The van der Waals surface area contributed by atoms with E-state index in [1.807, 2.05) is 36.4 Å². The summed E-state index contributed by atoms with van der Waals surface area (Å²) in [6.07, 6.45) is 4.07. The second kappa shape index (κ2) is 7.59. The van der Waals surface area contributed by atoms with E-state index in [9.17, 15) is 0 Å². The summed E-state index contributed by atoms with van der Waals surface area (Å²) in [5, 5.41) is 0. The fraction of sp³-hybridized carbons (Fsp3) is 0.375. The van der Waals surface area contributed by atoms with Crippen LogP contribution in [0.5, 0.6) is 0 Å². The number of allylic oxidation sites excluding steroid dienone is 1. The number of benzene rings is 1. The SMILES string of the molecule is C=CCCC(C)C(C)=NC(=NC)c1ccccc1. The van der Waals surface area contributed by atoms with Crippen molar-refractivity contribution in [2.75, 3.05) is 7.05 Å². The molecule has 1 rings (SSSR count). The van der Waals surface area contributed by atoms with E-state index in [2.05, 4.69) is 30.4 Å². The normalized spacial score (nSPS) is 14.4. The lowest BCUT2D eigenvalue weighted by molar-refractivity contribution is 0.692. The molecule has 0 aromatic heterocycles. The first kappa shape index (κ1) is 14.4. The van der Waals surface area contributed by atoms with Gasteiger partial charge in [0.15, 0.2) is 5.84 Å². The van der Waals surface area contributed by atoms with E-state index >= 15 is 0 Å². The lowest BCUT2D eigenvalue weighted by Crippen LogP contribution is -2.10. The van der Waals surface area contributed by atoms with Crippen molar-refractivity contribution in [2.24, 2.45) is 15.9 Å². The Labute approximate surface area is 110 Å². The maximum Gasteiger partial charge on any atom is 0.154 e. The molecule has 96 valence electrons. The van der Waals surface area contributed by atoms with Crippen LogP contribution in [0.2, 0.25) is 0 Å². The third kappa shape index (κ3) is 4.28. The number of aliphatic imine (C=N–C) groups is 2. The van der Waals surface area contributed by atoms with E-state index < -0.39 is 0 Å². The molecule has 0 aliphatic heterocycles. The maximum atomic E-state index is 4.65. The molecule has 1 aromatic rings. The van der Waals surface area contributed by atoms with Crippen molar-refractivity contribution in [3.63, 3.8) is 0 Å². The summed E-state index contributed by atoms with van der Waals surface area (Å²) >= 11 is 0. The third-order valence-electron chi connectivity index (χ3n) is 3.04. The molecule has 18 heavy (non-hydrogen) atoms. The second-order valence-electron chi connectivity index (χ2n) is 4.43. The highest BCUT2D eigenvalue weighted by molar-refractivity contribution is 6.06. The van der Waals surface area contributed by atoms with Gasteiger partial charge in [0, 0.05) is 18.3 Å². The molecular formula is C16H22N2. The summed E-state index contributed by atoms with van der Waals surface area (Å²) in [6.45, 7) is 8.02. The molecule has 2 nitrogen and oxygen atoms in total. The molecule has 0 N–H and O–H groups in total. The quantitative estimate of drug-likeness (QED) is 0.421. The Balaban J connectivity index is 2.82. The summed E-state index contributed by atoms with van der Waals surface area (Å²) < 4.78 is 0. The molecule has 0 spiro atoms. The van der Waals surface area contributed by atoms with Gasteiger partial charge in [0.2, 0.25) is 0 Å². The Kier molecular flexibility index (Phi) is 6.06. The van der Waals surface area contributed by atoms with Crippen LogP contribution in [-0.4, -0.2) is 18.6 Å². The van der Waals surface area contributed by atoms with Gasteiger partial charge < -0.3 is 0 Å². The number of rotatable bonds is 5. The van der Waals surface area contributed by atoms with Crippen LogP contribution in [0.1, 0.15) is 32.3 Å². The molecule has 0 aliphatic rings. The lowest BCUT2D eigenvalue weighted by Gasteiger charge is -2.10. The monoisotopic (exact) mass is 242 g/mol. The second-order valence-corrected chi connectivity index (χ2v) is 4.43. The van der Waals surface area contributed by atoms with Crippen LogP contribution in [0, 0.1) is 5.92 Å². The molecule has 1 unspecified atom stereocenters. The van der Waals surface area contributed by atoms with Crippen molar-refractivity contribution in [1.82, 2.24) is 0 Å². The smallest absolute Gasteiger partial charge is 0.154 e. The van der Waals surface area contributed by atoms with Crippen molar-refractivity contribution in [2.45, 2.75) is 26.7 Å². The highest BCUT2D eigenvalue weighted by atomic mass is 14.9.